The monoisotopic (exact) mass is 326 g/mol. The highest BCUT2D eigenvalue weighted by Crippen LogP contribution is 2.23. The molecule has 0 aliphatic carbocycles. The summed E-state index contributed by atoms with van der Waals surface area (Å²) in [5.74, 6) is 0.914. The summed E-state index contributed by atoms with van der Waals surface area (Å²) in [6.45, 7) is 2.13. The zero-order valence-electron chi connectivity index (χ0n) is 13.2. The zero-order chi connectivity index (χ0) is 16.5. The zero-order valence-corrected chi connectivity index (χ0v) is 13.2. The summed E-state index contributed by atoms with van der Waals surface area (Å²) in [6, 6.07) is 6.88. The van der Waals surface area contributed by atoms with E-state index < -0.39 is 0 Å². The SMILES string of the molecule is O=C1c2ccccc2C(=O)N1CCc1noc(C2CCCNC2)n1. The molecular weight excluding hydrogens is 308 g/mol. The molecule has 0 saturated carbocycles. The Kier molecular flexibility index (Phi) is 3.86. The molecule has 0 spiro atoms. The van der Waals surface area contributed by atoms with Crippen LogP contribution in [0.3, 0.4) is 0 Å². The van der Waals surface area contributed by atoms with E-state index in [0.717, 1.165) is 25.9 Å². The lowest BCUT2D eigenvalue weighted by Crippen LogP contribution is -2.32. The fraction of sp³-hybridized carbons (Fsp3) is 0.412. The molecule has 2 aliphatic rings. The van der Waals surface area contributed by atoms with Crippen LogP contribution in [0.4, 0.5) is 0 Å². The van der Waals surface area contributed by atoms with Crippen molar-refractivity contribution >= 4 is 11.8 Å². The number of nitrogens with one attached hydrogen (secondary N) is 1. The Bertz CT molecular complexity index is 745. The van der Waals surface area contributed by atoms with E-state index in [4.69, 9.17) is 4.52 Å². The number of amides is 2. The summed E-state index contributed by atoms with van der Waals surface area (Å²) < 4.78 is 5.35. The molecule has 0 radical (unpaired) electrons. The summed E-state index contributed by atoms with van der Waals surface area (Å²) in [6.07, 6.45) is 2.53. The Morgan fingerprint density at radius 3 is 2.62 bits per heavy atom. The molecule has 1 unspecified atom stereocenters. The molecule has 1 aromatic heterocycles. The molecule has 7 nitrogen and oxygen atoms in total. The number of carbonyl (C=O) groups is 2. The molecule has 1 saturated heterocycles. The number of nitrogens with zero attached hydrogens (tertiary/aromatic N) is 3. The highest BCUT2D eigenvalue weighted by molar-refractivity contribution is 6.21. The molecule has 24 heavy (non-hydrogen) atoms. The van der Waals surface area contributed by atoms with Crippen LogP contribution in [-0.4, -0.2) is 46.5 Å². The summed E-state index contributed by atoms with van der Waals surface area (Å²) in [5.41, 5.74) is 0.925. The molecule has 1 aromatic carbocycles. The molecule has 1 N–H and O–H groups in total. The molecule has 2 aromatic rings. The number of hydrogen-bond acceptors (Lipinski definition) is 6. The third kappa shape index (κ3) is 2.60. The first-order valence-corrected chi connectivity index (χ1v) is 8.22. The van der Waals surface area contributed by atoms with E-state index >= 15 is 0 Å². The largest absolute Gasteiger partial charge is 0.339 e. The summed E-state index contributed by atoms with van der Waals surface area (Å²) in [7, 11) is 0. The number of piperidine rings is 1. The van der Waals surface area contributed by atoms with Crippen molar-refractivity contribution in [2.75, 3.05) is 19.6 Å². The predicted molar refractivity (Wildman–Crippen MR) is 84.7 cm³/mol. The lowest BCUT2D eigenvalue weighted by atomic mass is 10.00. The lowest BCUT2D eigenvalue weighted by Gasteiger charge is -2.18. The van der Waals surface area contributed by atoms with Gasteiger partial charge in [-0.15, -0.1) is 0 Å². The first kappa shape index (κ1) is 15.0. The van der Waals surface area contributed by atoms with Crippen molar-refractivity contribution in [3.8, 4) is 0 Å². The minimum atomic E-state index is -0.254. The van der Waals surface area contributed by atoms with E-state index in [1.54, 1.807) is 24.3 Å². The van der Waals surface area contributed by atoms with Crippen molar-refractivity contribution in [3.05, 3.63) is 47.1 Å². The van der Waals surface area contributed by atoms with Gasteiger partial charge >= 0.3 is 0 Å². The number of aromatic nitrogens is 2. The van der Waals surface area contributed by atoms with Gasteiger partial charge in [0.2, 0.25) is 5.89 Å². The van der Waals surface area contributed by atoms with Gasteiger partial charge in [-0.2, -0.15) is 4.98 Å². The van der Waals surface area contributed by atoms with Crippen molar-refractivity contribution in [2.45, 2.75) is 25.2 Å². The summed E-state index contributed by atoms with van der Waals surface area (Å²) >= 11 is 0. The van der Waals surface area contributed by atoms with Gasteiger partial charge in [-0.1, -0.05) is 17.3 Å². The standard InChI is InChI=1S/C17H18N4O3/c22-16-12-5-1-2-6-13(12)17(23)21(16)9-7-14-19-15(24-20-14)11-4-3-8-18-10-11/h1-2,5-6,11,18H,3-4,7-10H2. The number of rotatable bonds is 4. The molecule has 124 valence electrons. The minimum absolute atomic E-state index is 0.249. The number of benzene rings is 1. The van der Waals surface area contributed by atoms with Crippen LogP contribution in [0, 0.1) is 0 Å². The maximum atomic E-state index is 12.3. The average molecular weight is 326 g/mol. The van der Waals surface area contributed by atoms with E-state index in [2.05, 4.69) is 15.5 Å². The first-order valence-electron chi connectivity index (χ1n) is 8.22. The third-order valence-electron chi connectivity index (χ3n) is 4.57. The Hall–Kier alpha value is -2.54. The number of imide groups is 1. The second kappa shape index (κ2) is 6.16. The van der Waals surface area contributed by atoms with E-state index in [1.807, 2.05) is 0 Å². The number of fused-ring (bicyclic) bond motifs is 1. The van der Waals surface area contributed by atoms with E-state index in [9.17, 15) is 9.59 Å². The maximum Gasteiger partial charge on any atom is 0.261 e. The van der Waals surface area contributed by atoms with Crippen LogP contribution in [0.15, 0.2) is 28.8 Å². The van der Waals surface area contributed by atoms with Gasteiger partial charge in [-0.05, 0) is 31.5 Å². The second-order valence-electron chi connectivity index (χ2n) is 6.15. The summed E-state index contributed by atoms with van der Waals surface area (Å²) in [5, 5.41) is 7.30. The highest BCUT2D eigenvalue weighted by atomic mass is 16.5. The molecular formula is C17H18N4O3. The van der Waals surface area contributed by atoms with Gasteiger partial charge < -0.3 is 9.84 Å². The van der Waals surface area contributed by atoms with E-state index in [1.165, 1.54) is 4.90 Å². The Morgan fingerprint density at radius 1 is 1.21 bits per heavy atom. The molecule has 1 atom stereocenters. The van der Waals surface area contributed by atoms with Crippen molar-refractivity contribution in [1.82, 2.24) is 20.4 Å². The van der Waals surface area contributed by atoms with E-state index in [0.29, 0.717) is 29.3 Å². The van der Waals surface area contributed by atoms with Crippen LogP contribution in [-0.2, 0) is 6.42 Å². The maximum absolute atomic E-state index is 12.3. The Morgan fingerprint density at radius 2 is 1.96 bits per heavy atom. The van der Waals surface area contributed by atoms with Gasteiger partial charge in [0.25, 0.3) is 11.8 Å². The number of carbonyl (C=O) groups excluding carboxylic acids is 2. The molecule has 3 heterocycles. The first-order chi connectivity index (χ1) is 11.7. The van der Waals surface area contributed by atoms with Crippen LogP contribution < -0.4 is 5.32 Å². The number of hydrogen-bond donors (Lipinski definition) is 1. The van der Waals surface area contributed by atoms with Gasteiger partial charge in [-0.3, -0.25) is 14.5 Å². The molecule has 1 fully saturated rings. The van der Waals surface area contributed by atoms with Gasteiger partial charge in [0.05, 0.1) is 17.0 Å². The normalized spacial score (nSPS) is 20.5. The van der Waals surface area contributed by atoms with E-state index in [-0.39, 0.29) is 24.3 Å². The van der Waals surface area contributed by atoms with Crippen LogP contribution in [0.5, 0.6) is 0 Å². The van der Waals surface area contributed by atoms with Crippen molar-refractivity contribution < 1.29 is 14.1 Å². The highest BCUT2D eigenvalue weighted by Gasteiger charge is 2.35. The van der Waals surface area contributed by atoms with Gasteiger partial charge in [-0.25, -0.2) is 0 Å². The smallest absolute Gasteiger partial charge is 0.261 e. The molecule has 7 heteroatoms. The van der Waals surface area contributed by atoms with Crippen molar-refractivity contribution in [2.24, 2.45) is 0 Å². The fourth-order valence-corrected chi connectivity index (χ4v) is 3.25. The van der Waals surface area contributed by atoms with Crippen LogP contribution in [0.25, 0.3) is 0 Å². The Balaban J connectivity index is 1.42. The molecule has 2 amide bonds. The lowest BCUT2D eigenvalue weighted by molar-refractivity contribution is 0.0655. The van der Waals surface area contributed by atoms with Crippen molar-refractivity contribution in [3.63, 3.8) is 0 Å². The minimum Gasteiger partial charge on any atom is -0.339 e. The predicted octanol–water partition coefficient (Wildman–Crippen LogP) is 1.38. The second-order valence-corrected chi connectivity index (χ2v) is 6.15. The van der Waals surface area contributed by atoms with Crippen LogP contribution in [0.1, 0.15) is 51.2 Å². The molecule has 2 aliphatic heterocycles. The molecule has 0 bridgehead atoms. The summed E-state index contributed by atoms with van der Waals surface area (Å²) in [4.78, 5) is 30.3. The van der Waals surface area contributed by atoms with Gasteiger partial charge in [0, 0.05) is 19.5 Å². The molecule has 4 rings (SSSR count). The van der Waals surface area contributed by atoms with Gasteiger partial charge in [0.1, 0.15) is 0 Å². The van der Waals surface area contributed by atoms with Gasteiger partial charge in [0.15, 0.2) is 5.82 Å². The fourth-order valence-electron chi connectivity index (χ4n) is 3.25. The average Bonchev–Trinajstić information content (AvgIpc) is 3.19. The van der Waals surface area contributed by atoms with Crippen molar-refractivity contribution in [1.29, 1.82) is 0 Å². The van der Waals surface area contributed by atoms with Crippen LogP contribution >= 0.6 is 0 Å². The topological polar surface area (TPSA) is 88.3 Å². The third-order valence-corrected chi connectivity index (χ3v) is 4.57. The van der Waals surface area contributed by atoms with Crippen LogP contribution in [0.2, 0.25) is 0 Å². The quantitative estimate of drug-likeness (QED) is 0.854. The Labute approximate surface area is 139 Å².